The molecule has 5 aromatic carbocycles. The summed E-state index contributed by atoms with van der Waals surface area (Å²) < 4.78 is 2.54. The summed E-state index contributed by atoms with van der Waals surface area (Å²) in [7, 11) is 0. The van der Waals surface area contributed by atoms with E-state index in [9.17, 15) is 0 Å². The van der Waals surface area contributed by atoms with Crippen LogP contribution in [-0.4, -0.2) is 18.2 Å². The molecule has 0 fully saturated rings. The molecular weight excluding hydrogens is 536 g/mol. The fraction of sp³-hybridized carbons (Fsp3) is 0. The standard InChI is InChI=1S/C34H21B2N3S2/c37-17-15-19-5-1-9-23-21-7-3-11-25-29(21)35(38-33(19)23)31-27(40-25)13-14-28-32(31)36-30-22(8-4-12-26(30)41-28)24-10-2-6-20-16-18-39(36)34(20)24/h1-18,38H,37H2/b17-15-. The summed E-state index contributed by atoms with van der Waals surface area (Å²) >= 11 is 3.84. The van der Waals surface area contributed by atoms with Crippen LogP contribution in [0.25, 0.3) is 39.2 Å². The second-order valence-corrected chi connectivity index (χ2v) is 13.3. The minimum atomic E-state index is 0.0461. The van der Waals surface area contributed by atoms with Gasteiger partial charge in [-0.15, -0.1) is 0 Å². The average Bonchev–Trinajstić information content (AvgIpc) is 3.44. The van der Waals surface area contributed by atoms with Crippen LogP contribution in [0, 0.1) is 0 Å². The summed E-state index contributed by atoms with van der Waals surface area (Å²) in [5.74, 6) is 0. The summed E-state index contributed by atoms with van der Waals surface area (Å²) in [5.41, 5.74) is 20.4. The van der Waals surface area contributed by atoms with Crippen LogP contribution >= 0.6 is 23.5 Å². The lowest BCUT2D eigenvalue weighted by Crippen LogP contribution is -2.67. The quantitative estimate of drug-likeness (QED) is 0.268. The molecule has 3 nitrogen and oxygen atoms in total. The summed E-state index contributed by atoms with van der Waals surface area (Å²) in [6.45, 7) is 0.168. The van der Waals surface area contributed by atoms with Crippen molar-refractivity contribution in [3.63, 3.8) is 0 Å². The van der Waals surface area contributed by atoms with Crippen LogP contribution in [0.2, 0.25) is 0 Å². The number of hydrogen-bond acceptors (Lipinski definition) is 4. The van der Waals surface area contributed by atoms with Gasteiger partial charge in [-0.25, -0.2) is 0 Å². The Morgan fingerprint density at radius 1 is 0.634 bits per heavy atom. The number of nitrogens with zero attached hydrogens (tertiary/aromatic N) is 1. The van der Waals surface area contributed by atoms with Gasteiger partial charge in [0.25, 0.3) is 0 Å². The molecule has 6 aromatic rings. The van der Waals surface area contributed by atoms with E-state index in [2.05, 4.69) is 107 Å². The number of benzene rings is 5. The Labute approximate surface area is 247 Å². The van der Waals surface area contributed by atoms with Gasteiger partial charge in [-0.05, 0) is 92.7 Å². The second kappa shape index (κ2) is 7.96. The molecule has 0 amide bonds. The van der Waals surface area contributed by atoms with Crippen molar-refractivity contribution in [3.05, 3.63) is 109 Å². The summed E-state index contributed by atoms with van der Waals surface area (Å²) in [6, 6.07) is 33.8. The number of hydrogen-bond donors (Lipinski definition) is 2. The fourth-order valence-electron chi connectivity index (χ4n) is 7.61. The first-order valence-electron chi connectivity index (χ1n) is 14.0. The minimum absolute atomic E-state index is 0.0461. The maximum Gasteiger partial charge on any atom is 0.330 e. The van der Waals surface area contributed by atoms with E-state index in [1.165, 1.54) is 74.6 Å². The van der Waals surface area contributed by atoms with Gasteiger partial charge in [0.2, 0.25) is 0 Å². The molecule has 0 bridgehead atoms. The van der Waals surface area contributed by atoms with Gasteiger partial charge in [0.05, 0.1) is 0 Å². The van der Waals surface area contributed by atoms with Crippen molar-refractivity contribution in [2.24, 2.45) is 5.73 Å². The third-order valence-electron chi connectivity index (χ3n) is 9.16. The van der Waals surface area contributed by atoms with Crippen molar-refractivity contribution < 1.29 is 0 Å². The van der Waals surface area contributed by atoms with E-state index < -0.39 is 0 Å². The van der Waals surface area contributed by atoms with E-state index in [0.717, 1.165) is 11.3 Å². The summed E-state index contributed by atoms with van der Waals surface area (Å²) in [5, 5.41) is 5.35. The maximum absolute atomic E-state index is 5.91. The van der Waals surface area contributed by atoms with E-state index in [-0.39, 0.29) is 13.7 Å². The molecule has 0 spiro atoms. The van der Waals surface area contributed by atoms with Crippen molar-refractivity contribution in [1.29, 1.82) is 0 Å². The zero-order chi connectivity index (χ0) is 26.8. The van der Waals surface area contributed by atoms with E-state index in [1.807, 2.05) is 29.6 Å². The lowest BCUT2D eigenvalue weighted by Gasteiger charge is -2.39. The third kappa shape index (κ3) is 2.80. The Morgan fingerprint density at radius 3 is 2.12 bits per heavy atom. The summed E-state index contributed by atoms with van der Waals surface area (Å²) in [6.07, 6.45) is 5.95. The Kier molecular flexibility index (Phi) is 4.37. The van der Waals surface area contributed by atoms with Gasteiger partial charge >= 0.3 is 13.7 Å². The Bertz CT molecular complexity index is 2180. The number of anilines is 1. The first kappa shape index (κ1) is 22.5. The lowest BCUT2D eigenvalue weighted by molar-refractivity contribution is 1.23. The number of rotatable bonds is 1. The molecule has 3 N–H and O–H groups in total. The normalized spacial score (nSPS) is 14.7. The molecule has 1 aromatic heterocycles. The van der Waals surface area contributed by atoms with Gasteiger partial charge in [-0.2, -0.15) is 0 Å². The lowest BCUT2D eigenvalue weighted by atomic mass is 9.38. The monoisotopic (exact) mass is 557 g/mol. The summed E-state index contributed by atoms with van der Waals surface area (Å²) in [4.78, 5) is 5.38. The molecule has 4 aliphatic rings. The van der Waals surface area contributed by atoms with Gasteiger partial charge in [-0.3, -0.25) is 0 Å². The smallest absolute Gasteiger partial charge is 0.330 e. The van der Waals surface area contributed by atoms with Crippen LogP contribution < -0.4 is 32.8 Å². The predicted octanol–water partition coefficient (Wildman–Crippen LogP) is 5.33. The van der Waals surface area contributed by atoms with Crippen LogP contribution in [0.1, 0.15) is 5.56 Å². The molecule has 0 atom stereocenters. The average molecular weight is 557 g/mol. The number of aromatic nitrogens is 1. The second-order valence-electron chi connectivity index (χ2n) is 11.1. The maximum atomic E-state index is 5.91. The molecule has 0 aliphatic carbocycles. The highest BCUT2D eigenvalue weighted by molar-refractivity contribution is 8.00. The molecule has 4 aliphatic heterocycles. The van der Waals surface area contributed by atoms with Crippen LogP contribution in [0.3, 0.4) is 0 Å². The van der Waals surface area contributed by atoms with Gasteiger partial charge in [0, 0.05) is 41.9 Å². The highest BCUT2D eigenvalue weighted by Gasteiger charge is 2.46. The Morgan fingerprint density at radius 2 is 1.29 bits per heavy atom. The minimum Gasteiger partial charge on any atom is -0.419 e. The molecule has 5 heterocycles. The highest BCUT2D eigenvalue weighted by Crippen LogP contribution is 2.43. The van der Waals surface area contributed by atoms with E-state index in [0.29, 0.717) is 0 Å². The number of nitrogens with two attached hydrogens (primary N) is 1. The zero-order valence-corrected chi connectivity index (χ0v) is 23.5. The SMILES string of the molecule is N/C=C\c1cccc2c1NB1c3c(cccc3-2)Sc2ccc3c(c21)B1c2c(cccc2-c2cccc4ccn1c24)S3. The topological polar surface area (TPSA) is 43.0 Å². The van der Waals surface area contributed by atoms with Gasteiger partial charge in [-0.1, -0.05) is 84.2 Å². The molecule has 0 saturated carbocycles. The van der Waals surface area contributed by atoms with Crippen molar-refractivity contribution in [1.82, 2.24) is 4.48 Å². The Hall–Kier alpha value is -4.19. The highest BCUT2D eigenvalue weighted by atomic mass is 32.2. The van der Waals surface area contributed by atoms with Gasteiger partial charge in [0.15, 0.2) is 0 Å². The van der Waals surface area contributed by atoms with Gasteiger partial charge in [0.1, 0.15) is 0 Å². The van der Waals surface area contributed by atoms with Crippen LogP contribution in [0.4, 0.5) is 5.69 Å². The Balaban J connectivity index is 1.29. The van der Waals surface area contributed by atoms with E-state index in [4.69, 9.17) is 5.73 Å². The van der Waals surface area contributed by atoms with E-state index >= 15 is 0 Å². The molecule has 41 heavy (non-hydrogen) atoms. The van der Waals surface area contributed by atoms with Crippen LogP contribution in [-0.2, 0) is 0 Å². The number of fused-ring (bicyclic) bond motifs is 9. The number of nitrogens with one attached hydrogen (secondary N) is 1. The van der Waals surface area contributed by atoms with Crippen LogP contribution in [0.5, 0.6) is 0 Å². The third-order valence-corrected chi connectivity index (χ3v) is 11.5. The largest absolute Gasteiger partial charge is 0.419 e. The molecule has 0 unspecified atom stereocenters. The molecule has 190 valence electrons. The van der Waals surface area contributed by atoms with E-state index in [1.54, 1.807) is 6.20 Å². The first-order valence-corrected chi connectivity index (χ1v) is 15.6. The van der Waals surface area contributed by atoms with Crippen molar-refractivity contribution in [2.45, 2.75) is 19.6 Å². The molecule has 0 saturated heterocycles. The van der Waals surface area contributed by atoms with Gasteiger partial charge < -0.3 is 15.4 Å². The first-order chi connectivity index (χ1) is 20.3. The van der Waals surface area contributed by atoms with Crippen LogP contribution in [0.15, 0.2) is 123 Å². The van der Waals surface area contributed by atoms with Crippen molar-refractivity contribution in [3.8, 4) is 22.3 Å². The fourth-order valence-corrected chi connectivity index (χ4v) is 9.99. The zero-order valence-electron chi connectivity index (χ0n) is 21.9. The molecular formula is C34H21B2N3S2. The molecule has 10 rings (SSSR count). The van der Waals surface area contributed by atoms with Crippen molar-refractivity contribution in [2.75, 3.05) is 5.23 Å². The predicted molar refractivity (Wildman–Crippen MR) is 176 cm³/mol. The van der Waals surface area contributed by atoms with Crippen molar-refractivity contribution >= 4 is 81.7 Å². The number of para-hydroxylation sites is 2. The molecule has 7 heteroatoms. The molecule has 0 radical (unpaired) electrons.